The van der Waals surface area contributed by atoms with Gasteiger partial charge in [0, 0.05) is 6.54 Å². The summed E-state index contributed by atoms with van der Waals surface area (Å²) in [6, 6.07) is 9.70. The van der Waals surface area contributed by atoms with Crippen LogP contribution in [-0.4, -0.2) is 12.5 Å². The molecule has 14 heavy (non-hydrogen) atoms. The first-order valence-corrected chi connectivity index (χ1v) is 4.47. The molecule has 1 amide bonds. The molecular weight excluding hydrogens is 176 g/mol. The normalized spacial score (nSPS) is 9.07. The van der Waals surface area contributed by atoms with Crippen LogP contribution in [0.25, 0.3) is 4.85 Å². The molecule has 1 aromatic rings. The van der Waals surface area contributed by atoms with Crippen LogP contribution in [-0.2, 0) is 11.3 Å². The highest BCUT2D eigenvalue weighted by Gasteiger charge is 2.01. The molecule has 0 saturated heterocycles. The van der Waals surface area contributed by atoms with E-state index >= 15 is 0 Å². The zero-order chi connectivity index (χ0) is 10.2. The number of hydrogen-bond donors (Lipinski definition) is 1. The van der Waals surface area contributed by atoms with E-state index in [1.165, 1.54) is 0 Å². The van der Waals surface area contributed by atoms with Gasteiger partial charge < -0.3 is 10.2 Å². The fourth-order valence-corrected chi connectivity index (χ4v) is 1.04. The maximum Gasteiger partial charge on any atom is 0.227 e. The topological polar surface area (TPSA) is 33.5 Å². The molecule has 0 spiro atoms. The van der Waals surface area contributed by atoms with Gasteiger partial charge in [0.25, 0.3) is 0 Å². The van der Waals surface area contributed by atoms with E-state index < -0.39 is 0 Å². The molecule has 3 nitrogen and oxygen atoms in total. The highest BCUT2D eigenvalue weighted by molar-refractivity contribution is 5.76. The van der Waals surface area contributed by atoms with Crippen LogP contribution in [0.2, 0.25) is 0 Å². The number of nitrogens with one attached hydrogen (secondary N) is 1. The molecule has 0 aromatic heterocycles. The van der Waals surface area contributed by atoms with Gasteiger partial charge >= 0.3 is 0 Å². The molecule has 0 saturated carbocycles. The minimum absolute atomic E-state index is 0.0650. The van der Waals surface area contributed by atoms with Crippen LogP contribution < -0.4 is 5.32 Å². The standard InChI is InChI=1S/C11H12N2O/c1-12-8-7-11(14)13-9-10-5-3-2-4-6-10/h2-6H,7-9H2,(H,13,14). The molecule has 3 heteroatoms. The minimum atomic E-state index is -0.0650. The molecule has 72 valence electrons. The van der Waals surface area contributed by atoms with Gasteiger partial charge in [-0.05, 0) is 5.56 Å². The Morgan fingerprint density at radius 2 is 2.07 bits per heavy atom. The lowest BCUT2D eigenvalue weighted by Crippen LogP contribution is -2.22. The van der Waals surface area contributed by atoms with Crippen molar-refractivity contribution in [3.8, 4) is 0 Å². The Hall–Kier alpha value is -1.82. The molecule has 0 radical (unpaired) electrons. The molecule has 1 aromatic carbocycles. The second kappa shape index (κ2) is 5.76. The molecule has 0 aliphatic heterocycles. The van der Waals surface area contributed by atoms with Gasteiger partial charge in [0.1, 0.15) is 0 Å². The van der Waals surface area contributed by atoms with E-state index in [2.05, 4.69) is 10.2 Å². The summed E-state index contributed by atoms with van der Waals surface area (Å²) in [5.74, 6) is -0.0650. The number of nitrogens with zero attached hydrogens (tertiary/aromatic N) is 1. The summed E-state index contributed by atoms with van der Waals surface area (Å²) in [5, 5.41) is 2.75. The van der Waals surface area contributed by atoms with Crippen LogP contribution >= 0.6 is 0 Å². The quantitative estimate of drug-likeness (QED) is 0.715. The van der Waals surface area contributed by atoms with E-state index in [9.17, 15) is 4.79 Å². The molecule has 1 rings (SSSR count). The number of amides is 1. The third-order valence-corrected chi connectivity index (χ3v) is 1.78. The van der Waals surface area contributed by atoms with Gasteiger partial charge in [-0.25, -0.2) is 6.57 Å². The third-order valence-electron chi connectivity index (χ3n) is 1.78. The van der Waals surface area contributed by atoms with E-state index in [0.717, 1.165) is 5.56 Å². The lowest BCUT2D eigenvalue weighted by Gasteiger charge is -2.02. The average Bonchev–Trinajstić information content (AvgIpc) is 2.25. The van der Waals surface area contributed by atoms with Crippen LogP contribution in [0.15, 0.2) is 30.3 Å². The zero-order valence-corrected chi connectivity index (χ0v) is 7.86. The maximum atomic E-state index is 11.1. The summed E-state index contributed by atoms with van der Waals surface area (Å²) in [6.07, 6.45) is 0.288. The summed E-state index contributed by atoms with van der Waals surface area (Å²) < 4.78 is 0. The second-order valence-corrected chi connectivity index (χ2v) is 2.89. The fourth-order valence-electron chi connectivity index (χ4n) is 1.04. The number of rotatable bonds is 4. The highest BCUT2D eigenvalue weighted by Crippen LogP contribution is 1.97. The lowest BCUT2D eigenvalue weighted by molar-refractivity contribution is -0.120. The molecule has 0 aliphatic carbocycles. The summed E-state index contributed by atoms with van der Waals surface area (Å²) in [5.41, 5.74) is 1.07. The zero-order valence-electron chi connectivity index (χ0n) is 7.86. The van der Waals surface area contributed by atoms with Crippen LogP contribution in [0.1, 0.15) is 12.0 Å². The third kappa shape index (κ3) is 3.72. The Morgan fingerprint density at radius 1 is 1.36 bits per heavy atom. The highest BCUT2D eigenvalue weighted by atomic mass is 16.1. The first kappa shape index (κ1) is 10.3. The smallest absolute Gasteiger partial charge is 0.227 e. The van der Waals surface area contributed by atoms with E-state index in [0.29, 0.717) is 6.54 Å². The Kier molecular flexibility index (Phi) is 4.22. The Morgan fingerprint density at radius 3 is 2.71 bits per heavy atom. The average molecular weight is 188 g/mol. The summed E-state index contributed by atoms with van der Waals surface area (Å²) in [6.45, 7) is 7.34. The van der Waals surface area contributed by atoms with Crippen molar-refractivity contribution in [2.24, 2.45) is 0 Å². The molecular formula is C11H12N2O. The van der Waals surface area contributed by atoms with Gasteiger partial charge in [-0.2, -0.15) is 0 Å². The van der Waals surface area contributed by atoms with Gasteiger partial charge in [-0.3, -0.25) is 4.79 Å². The van der Waals surface area contributed by atoms with Gasteiger partial charge in [0.2, 0.25) is 12.5 Å². The molecule has 1 N–H and O–H groups in total. The van der Waals surface area contributed by atoms with Gasteiger partial charge in [0.05, 0.1) is 6.42 Å². The summed E-state index contributed by atoms with van der Waals surface area (Å²) in [7, 11) is 0. The first-order chi connectivity index (χ1) is 6.83. The number of benzene rings is 1. The van der Waals surface area contributed by atoms with Crippen LogP contribution in [0.3, 0.4) is 0 Å². The van der Waals surface area contributed by atoms with Crippen molar-refractivity contribution in [3.63, 3.8) is 0 Å². The summed E-state index contributed by atoms with van der Waals surface area (Å²) in [4.78, 5) is 14.2. The summed E-state index contributed by atoms with van der Waals surface area (Å²) >= 11 is 0. The van der Waals surface area contributed by atoms with Crippen molar-refractivity contribution in [2.45, 2.75) is 13.0 Å². The van der Waals surface area contributed by atoms with E-state index in [-0.39, 0.29) is 18.9 Å². The predicted molar refractivity (Wildman–Crippen MR) is 54.4 cm³/mol. The molecule has 0 unspecified atom stereocenters. The number of carbonyl (C=O) groups excluding carboxylic acids is 1. The molecule has 0 aliphatic rings. The van der Waals surface area contributed by atoms with Crippen LogP contribution in [0, 0.1) is 6.57 Å². The van der Waals surface area contributed by atoms with Crippen molar-refractivity contribution in [2.75, 3.05) is 6.54 Å². The predicted octanol–water partition coefficient (Wildman–Crippen LogP) is 1.61. The second-order valence-electron chi connectivity index (χ2n) is 2.89. The molecule has 0 bridgehead atoms. The molecule has 0 heterocycles. The lowest BCUT2D eigenvalue weighted by atomic mass is 10.2. The van der Waals surface area contributed by atoms with E-state index in [4.69, 9.17) is 6.57 Å². The van der Waals surface area contributed by atoms with Crippen molar-refractivity contribution in [1.29, 1.82) is 0 Å². The van der Waals surface area contributed by atoms with E-state index in [1.807, 2.05) is 30.3 Å². The Balaban J connectivity index is 2.28. The van der Waals surface area contributed by atoms with Crippen LogP contribution in [0.5, 0.6) is 0 Å². The van der Waals surface area contributed by atoms with Crippen molar-refractivity contribution < 1.29 is 4.79 Å². The number of hydrogen-bond acceptors (Lipinski definition) is 1. The van der Waals surface area contributed by atoms with Crippen molar-refractivity contribution >= 4 is 5.91 Å². The Bertz CT molecular complexity index is 327. The van der Waals surface area contributed by atoms with Gasteiger partial charge in [-0.15, -0.1) is 0 Å². The first-order valence-electron chi connectivity index (χ1n) is 4.47. The number of carbonyl (C=O) groups is 1. The maximum absolute atomic E-state index is 11.1. The SMILES string of the molecule is [C-]#[N+]CCC(=O)NCc1ccccc1. The van der Waals surface area contributed by atoms with Crippen molar-refractivity contribution in [1.82, 2.24) is 5.32 Å². The van der Waals surface area contributed by atoms with Gasteiger partial charge in [0.15, 0.2) is 0 Å². The minimum Gasteiger partial charge on any atom is -0.352 e. The largest absolute Gasteiger partial charge is 0.352 e. The Labute approximate surface area is 83.6 Å². The molecule has 0 atom stereocenters. The monoisotopic (exact) mass is 188 g/mol. The van der Waals surface area contributed by atoms with Crippen molar-refractivity contribution in [3.05, 3.63) is 47.3 Å². The molecule has 0 fully saturated rings. The van der Waals surface area contributed by atoms with E-state index in [1.54, 1.807) is 0 Å². The fraction of sp³-hybridized carbons (Fsp3) is 0.273. The van der Waals surface area contributed by atoms with Gasteiger partial charge in [-0.1, -0.05) is 30.3 Å². The van der Waals surface area contributed by atoms with Crippen LogP contribution in [0.4, 0.5) is 0 Å².